The number of hydrogen-bond donors (Lipinski definition) is 0. The first-order chi connectivity index (χ1) is 8.38. The monoisotopic (exact) mass is 322 g/mol. The molecule has 0 unspecified atom stereocenters. The third kappa shape index (κ3) is 3.60. The minimum absolute atomic E-state index is 0.00780. The Morgan fingerprint density at radius 2 is 1.83 bits per heavy atom. The Labute approximate surface area is 111 Å². The summed E-state index contributed by atoms with van der Waals surface area (Å²) in [5, 5.41) is 0. The van der Waals surface area contributed by atoms with E-state index in [4.69, 9.17) is 0 Å². The number of alkyl halides is 3. The first-order valence-corrected chi connectivity index (χ1v) is 5.86. The molecular weight excluding hydrogens is 313 g/mol. The van der Waals surface area contributed by atoms with Crippen LogP contribution in [0.4, 0.5) is 13.2 Å². The number of hydrogen-bond acceptors (Lipinski definition) is 2. The Kier molecular flexibility index (Phi) is 4.95. The summed E-state index contributed by atoms with van der Waals surface area (Å²) in [5.41, 5.74) is -1.13. The van der Waals surface area contributed by atoms with Gasteiger partial charge in [-0.2, -0.15) is 13.2 Å². The molecule has 0 radical (unpaired) electrons. The van der Waals surface area contributed by atoms with Crippen molar-refractivity contribution in [3.05, 3.63) is 40.4 Å². The number of ether oxygens (including phenoxy) is 1. The Bertz CT molecular complexity index is 452. The van der Waals surface area contributed by atoms with E-state index < -0.39 is 22.2 Å². The lowest BCUT2D eigenvalue weighted by molar-refractivity contribution is -0.138. The van der Waals surface area contributed by atoms with Crippen molar-refractivity contribution in [3.63, 3.8) is 0 Å². The molecule has 0 spiro atoms. The zero-order valence-electron chi connectivity index (χ0n) is 9.42. The first kappa shape index (κ1) is 14.8. The molecule has 0 saturated heterocycles. The summed E-state index contributed by atoms with van der Waals surface area (Å²) in [7, 11) is 0. The molecule has 1 rings (SSSR count). The molecule has 0 aliphatic rings. The van der Waals surface area contributed by atoms with Crippen molar-refractivity contribution in [2.45, 2.75) is 13.1 Å². The van der Waals surface area contributed by atoms with Crippen LogP contribution in [0.1, 0.15) is 12.5 Å². The van der Waals surface area contributed by atoms with E-state index in [9.17, 15) is 18.0 Å². The van der Waals surface area contributed by atoms with Crippen LogP contribution >= 0.6 is 15.9 Å². The van der Waals surface area contributed by atoms with Gasteiger partial charge in [0.15, 0.2) is 0 Å². The van der Waals surface area contributed by atoms with Crippen LogP contribution < -0.4 is 0 Å². The zero-order chi connectivity index (χ0) is 13.8. The lowest BCUT2D eigenvalue weighted by Crippen LogP contribution is -2.16. The highest BCUT2D eigenvalue weighted by Crippen LogP contribution is 2.38. The Balaban J connectivity index is 3.31. The van der Waals surface area contributed by atoms with Gasteiger partial charge < -0.3 is 4.74 Å². The highest BCUT2D eigenvalue weighted by Gasteiger charge is 2.38. The third-order valence-electron chi connectivity index (χ3n) is 2.02. The third-order valence-corrected chi connectivity index (χ3v) is 2.74. The van der Waals surface area contributed by atoms with Crippen LogP contribution in [-0.2, 0) is 9.53 Å². The second kappa shape index (κ2) is 6.04. The number of benzene rings is 1. The van der Waals surface area contributed by atoms with Crippen molar-refractivity contribution >= 4 is 27.5 Å². The topological polar surface area (TPSA) is 26.3 Å². The van der Waals surface area contributed by atoms with Gasteiger partial charge in [-0.3, -0.25) is 0 Å². The number of carbonyl (C=O) groups excluding carboxylic acids is 1. The molecule has 0 amide bonds. The van der Waals surface area contributed by atoms with E-state index in [1.807, 2.05) is 0 Å². The van der Waals surface area contributed by atoms with Gasteiger partial charge in [-0.05, 0) is 28.4 Å². The highest BCUT2D eigenvalue weighted by molar-refractivity contribution is 9.12. The fourth-order valence-electron chi connectivity index (χ4n) is 1.32. The van der Waals surface area contributed by atoms with Gasteiger partial charge in [0.1, 0.15) is 4.48 Å². The number of rotatable bonds is 3. The summed E-state index contributed by atoms with van der Waals surface area (Å²) >= 11 is 2.67. The Morgan fingerprint density at radius 3 is 2.28 bits per heavy atom. The van der Waals surface area contributed by atoms with Crippen molar-refractivity contribution in [1.29, 1.82) is 0 Å². The molecule has 6 heteroatoms. The Hall–Kier alpha value is -1.30. The summed E-state index contributed by atoms with van der Waals surface area (Å²) in [6.45, 7) is 1.53. The second-order valence-electron chi connectivity index (χ2n) is 3.27. The zero-order valence-corrected chi connectivity index (χ0v) is 11.0. The summed E-state index contributed by atoms with van der Waals surface area (Å²) in [6, 6.07) is 7.08. The molecule has 2 nitrogen and oxygen atoms in total. The van der Waals surface area contributed by atoms with Gasteiger partial charge in [0, 0.05) is 0 Å². The molecule has 0 heterocycles. The van der Waals surface area contributed by atoms with Crippen molar-refractivity contribution in [2.24, 2.45) is 0 Å². The predicted molar refractivity (Wildman–Crippen MR) is 65.0 cm³/mol. The number of halogens is 4. The maximum absolute atomic E-state index is 13.0. The molecule has 0 N–H and O–H groups in total. The van der Waals surface area contributed by atoms with Crippen LogP contribution in [0.15, 0.2) is 34.8 Å². The summed E-state index contributed by atoms with van der Waals surface area (Å²) in [4.78, 5) is 11.4. The molecule has 0 aromatic heterocycles. The standard InChI is InChI=1S/C12H10BrF3O2/c1-2-18-11(17)10(13)9(12(14,15)16)8-6-4-3-5-7-8/h3-7H,2H2,1H3/b10-9+. The van der Waals surface area contributed by atoms with Gasteiger partial charge in [0.25, 0.3) is 0 Å². The quantitative estimate of drug-likeness (QED) is 0.623. The van der Waals surface area contributed by atoms with E-state index in [0.29, 0.717) is 0 Å². The molecular formula is C12H10BrF3O2. The van der Waals surface area contributed by atoms with E-state index in [1.54, 1.807) is 6.07 Å². The average Bonchev–Trinajstić information content (AvgIpc) is 2.29. The van der Waals surface area contributed by atoms with Gasteiger partial charge in [-0.25, -0.2) is 4.79 Å². The van der Waals surface area contributed by atoms with E-state index in [1.165, 1.54) is 31.2 Å². The minimum Gasteiger partial charge on any atom is -0.462 e. The molecule has 98 valence electrons. The molecule has 0 bridgehead atoms. The SMILES string of the molecule is CCOC(=O)/C(Br)=C(/c1ccccc1)C(F)(F)F. The number of allylic oxidation sites excluding steroid dienone is 1. The maximum atomic E-state index is 13.0. The molecule has 0 atom stereocenters. The van der Waals surface area contributed by atoms with Crippen LogP contribution in [0, 0.1) is 0 Å². The first-order valence-electron chi connectivity index (χ1n) is 5.07. The molecule has 0 fully saturated rings. The van der Waals surface area contributed by atoms with Gasteiger partial charge in [0.05, 0.1) is 12.2 Å². The largest absolute Gasteiger partial charge is 0.462 e. The molecule has 1 aromatic carbocycles. The fourth-order valence-corrected chi connectivity index (χ4v) is 1.88. The maximum Gasteiger partial charge on any atom is 0.418 e. The lowest BCUT2D eigenvalue weighted by atomic mass is 10.1. The molecule has 1 aromatic rings. The van der Waals surface area contributed by atoms with Crippen molar-refractivity contribution < 1.29 is 22.7 Å². The highest BCUT2D eigenvalue weighted by atomic mass is 79.9. The van der Waals surface area contributed by atoms with Crippen LogP contribution in [0.25, 0.3) is 5.57 Å². The summed E-state index contributed by atoms with van der Waals surface area (Å²) < 4.78 is 42.8. The average molecular weight is 323 g/mol. The smallest absolute Gasteiger partial charge is 0.418 e. The van der Waals surface area contributed by atoms with Gasteiger partial charge >= 0.3 is 12.1 Å². The molecule has 0 aliphatic heterocycles. The molecule has 0 aliphatic carbocycles. The summed E-state index contributed by atoms with van der Waals surface area (Å²) in [5.74, 6) is -1.03. The molecule has 0 saturated carbocycles. The van der Waals surface area contributed by atoms with Crippen molar-refractivity contribution in [1.82, 2.24) is 0 Å². The molecule has 18 heavy (non-hydrogen) atoms. The van der Waals surface area contributed by atoms with E-state index in [0.717, 1.165) is 0 Å². The van der Waals surface area contributed by atoms with Gasteiger partial charge in [-0.15, -0.1) is 0 Å². The van der Waals surface area contributed by atoms with Crippen molar-refractivity contribution in [3.8, 4) is 0 Å². The fraction of sp³-hybridized carbons (Fsp3) is 0.250. The van der Waals surface area contributed by atoms with Crippen LogP contribution in [0.5, 0.6) is 0 Å². The normalized spacial score (nSPS) is 12.9. The van der Waals surface area contributed by atoms with Gasteiger partial charge in [-0.1, -0.05) is 30.3 Å². The van der Waals surface area contributed by atoms with E-state index >= 15 is 0 Å². The van der Waals surface area contributed by atoms with Gasteiger partial charge in [0.2, 0.25) is 0 Å². The Morgan fingerprint density at radius 1 is 1.28 bits per heavy atom. The minimum atomic E-state index is -4.65. The van der Waals surface area contributed by atoms with Crippen LogP contribution in [0.2, 0.25) is 0 Å². The van der Waals surface area contributed by atoms with E-state index in [-0.39, 0.29) is 12.2 Å². The number of esters is 1. The van der Waals surface area contributed by atoms with Crippen molar-refractivity contribution in [2.75, 3.05) is 6.61 Å². The number of carbonyl (C=O) groups is 1. The lowest BCUT2D eigenvalue weighted by Gasteiger charge is -2.14. The second-order valence-corrected chi connectivity index (χ2v) is 4.07. The predicted octanol–water partition coefficient (Wildman–Crippen LogP) is 3.92. The van der Waals surface area contributed by atoms with Crippen LogP contribution in [0.3, 0.4) is 0 Å². The van der Waals surface area contributed by atoms with Crippen LogP contribution in [-0.4, -0.2) is 18.8 Å². The van der Waals surface area contributed by atoms with E-state index in [2.05, 4.69) is 20.7 Å². The summed E-state index contributed by atoms with van der Waals surface area (Å²) in [6.07, 6.45) is -4.65.